The van der Waals surface area contributed by atoms with Crippen LogP contribution in [0.4, 0.5) is 4.79 Å². The van der Waals surface area contributed by atoms with Gasteiger partial charge in [-0.3, -0.25) is 0 Å². The first kappa shape index (κ1) is 26.4. The van der Waals surface area contributed by atoms with Gasteiger partial charge in [0.1, 0.15) is 5.60 Å². The Hall–Kier alpha value is -0.593. The minimum absolute atomic E-state index is 0.170. The minimum Gasteiger partial charge on any atom is -0.444 e. The lowest BCUT2D eigenvalue weighted by molar-refractivity contribution is 0.0357. The number of carbonyl (C=O) groups excluding carboxylic acids is 1. The number of rotatable bonds is 9. The Morgan fingerprint density at radius 3 is 1.96 bits per heavy atom. The fraction of sp³-hybridized carbons (Fsp3) is 0.952. The van der Waals surface area contributed by atoms with Crippen molar-refractivity contribution in [3.63, 3.8) is 0 Å². The van der Waals surface area contributed by atoms with E-state index in [1.165, 1.54) is 0 Å². The van der Waals surface area contributed by atoms with Gasteiger partial charge in [-0.15, -0.1) is 0 Å². The molecule has 0 spiro atoms. The summed E-state index contributed by atoms with van der Waals surface area (Å²) in [5.41, 5.74) is -0.554. The molecule has 0 aliphatic carbocycles. The predicted octanol–water partition coefficient (Wildman–Crippen LogP) is 5.33. The van der Waals surface area contributed by atoms with E-state index < -0.39 is 26.1 Å². The predicted molar refractivity (Wildman–Crippen MR) is 116 cm³/mol. The summed E-state index contributed by atoms with van der Waals surface area (Å²) in [5.74, 6) is 0.572. The Morgan fingerprint density at radius 1 is 1.04 bits per heavy atom. The summed E-state index contributed by atoms with van der Waals surface area (Å²) < 4.78 is 11.6. The van der Waals surface area contributed by atoms with E-state index in [0.29, 0.717) is 25.4 Å². The van der Waals surface area contributed by atoms with Crippen LogP contribution in [0.2, 0.25) is 18.1 Å². The molecule has 0 rings (SSSR count). The van der Waals surface area contributed by atoms with Gasteiger partial charge in [-0.1, -0.05) is 41.5 Å². The molecule has 3 atom stereocenters. The number of ether oxygens (including phenoxy) is 1. The van der Waals surface area contributed by atoms with Crippen molar-refractivity contribution in [3.05, 3.63) is 0 Å². The van der Waals surface area contributed by atoms with Gasteiger partial charge in [0.15, 0.2) is 8.32 Å². The fourth-order valence-electron chi connectivity index (χ4n) is 2.49. The average molecular weight is 404 g/mol. The normalized spacial score (nSPS) is 16.8. The molecule has 0 aliphatic rings. The van der Waals surface area contributed by atoms with Crippen molar-refractivity contribution >= 4 is 14.4 Å². The Morgan fingerprint density at radius 2 is 1.56 bits per heavy atom. The molecule has 0 heterocycles. The van der Waals surface area contributed by atoms with Crippen LogP contribution in [0, 0.1) is 11.8 Å². The molecular formula is C21H45NO4Si. The molecule has 0 aromatic rings. The zero-order valence-corrected chi connectivity index (χ0v) is 20.6. The largest absolute Gasteiger partial charge is 0.444 e. The molecular weight excluding hydrogens is 358 g/mol. The van der Waals surface area contributed by atoms with Crippen LogP contribution < -0.4 is 5.32 Å². The van der Waals surface area contributed by atoms with Gasteiger partial charge in [-0.05, 0) is 63.6 Å². The molecule has 5 nitrogen and oxygen atoms in total. The molecule has 0 radical (unpaired) electrons. The zero-order valence-electron chi connectivity index (χ0n) is 19.6. The summed E-state index contributed by atoms with van der Waals surface area (Å²) in [6.45, 7) is 23.5. The van der Waals surface area contributed by atoms with Crippen LogP contribution in [0.25, 0.3) is 0 Å². The van der Waals surface area contributed by atoms with Gasteiger partial charge in [0.2, 0.25) is 0 Å². The smallest absolute Gasteiger partial charge is 0.407 e. The number of nitrogens with one attached hydrogen (secondary N) is 1. The maximum atomic E-state index is 12.1. The highest BCUT2D eigenvalue weighted by Gasteiger charge is 2.37. The fourth-order valence-corrected chi connectivity index (χ4v) is 3.62. The molecule has 0 aromatic heterocycles. The van der Waals surface area contributed by atoms with E-state index in [0.717, 1.165) is 0 Å². The zero-order chi connectivity index (χ0) is 21.6. The first-order valence-corrected chi connectivity index (χ1v) is 13.2. The SMILES string of the molecule is CC(C)C[C@H](NC(=O)OC(C)(C)C)[C@H](O)C[C@@H](C)CO[Si](C)(C)C(C)(C)C. The van der Waals surface area contributed by atoms with Gasteiger partial charge in [-0.2, -0.15) is 0 Å². The quantitative estimate of drug-likeness (QED) is 0.510. The Kier molecular flexibility index (Phi) is 10.0. The van der Waals surface area contributed by atoms with Crippen molar-refractivity contribution in [2.24, 2.45) is 11.8 Å². The monoisotopic (exact) mass is 403 g/mol. The van der Waals surface area contributed by atoms with E-state index in [9.17, 15) is 9.90 Å². The molecule has 0 aliphatic heterocycles. The van der Waals surface area contributed by atoms with Gasteiger partial charge >= 0.3 is 6.09 Å². The van der Waals surface area contributed by atoms with Crippen molar-refractivity contribution in [2.75, 3.05) is 6.61 Å². The number of hydrogen-bond donors (Lipinski definition) is 2. The van der Waals surface area contributed by atoms with Crippen molar-refractivity contribution in [2.45, 2.75) is 111 Å². The lowest BCUT2D eigenvalue weighted by Crippen LogP contribution is -2.47. The van der Waals surface area contributed by atoms with Crippen LogP contribution >= 0.6 is 0 Å². The highest BCUT2D eigenvalue weighted by Crippen LogP contribution is 2.37. The Bertz CT molecular complexity index is 452. The maximum Gasteiger partial charge on any atom is 0.407 e. The topological polar surface area (TPSA) is 67.8 Å². The standard InChI is InChI=1S/C21H45NO4Si/c1-15(2)12-17(22-19(24)26-20(4,5)6)18(23)13-16(3)14-25-27(10,11)21(7,8)9/h15-18,23H,12-14H2,1-11H3,(H,22,24)/t16-,17+,18-/m1/s1. The molecule has 6 heteroatoms. The molecule has 0 unspecified atom stereocenters. The van der Waals surface area contributed by atoms with Gasteiger partial charge in [-0.25, -0.2) is 4.79 Å². The van der Waals surface area contributed by atoms with E-state index in [-0.39, 0.29) is 17.0 Å². The number of aliphatic hydroxyl groups is 1. The molecule has 1 amide bonds. The second-order valence-corrected chi connectivity index (χ2v) is 15.7. The summed E-state index contributed by atoms with van der Waals surface area (Å²) in [4.78, 5) is 12.1. The Balaban J connectivity index is 4.79. The van der Waals surface area contributed by atoms with E-state index in [1.807, 2.05) is 20.8 Å². The van der Waals surface area contributed by atoms with Crippen LogP contribution in [-0.4, -0.2) is 43.9 Å². The lowest BCUT2D eigenvalue weighted by Gasteiger charge is -2.37. The Labute approximate surface area is 168 Å². The van der Waals surface area contributed by atoms with Crippen LogP contribution in [0.15, 0.2) is 0 Å². The third-order valence-corrected chi connectivity index (χ3v) is 9.57. The molecule has 162 valence electrons. The average Bonchev–Trinajstić information content (AvgIpc) is 2.40. The second kappa shape index (κ2) is 10.3. The van der Waals surface area contributed by atoms with E-state index >= 15 is 0 Å². The van der Waals surface area contributed by atoms with Crippen molar-refractivity contribution in [3.8, 4) is 0 Å². The third-order valence-electron chi connectivity index (χ3n) is 5.07. The van der Waals surface area contributed by atoms with E-state index in [2.05, 4.69) is 60.0 Å². The van der Waals surface area contributed by atoms with Crippen LogP contribution in [0.1, 0.15) is 75.2 Å². The van der Waals surface area contributed by atoms with E-state index in [1.54, 1.807) is 0 Å². The number of amides is 1. The van der Waals surface area contributed by atoms with Crippen molar-refractivity contribution in [1.29, 1.82) is 0 Å². The van der Waals surface area contributed by atoms with Gasteiger partial charge < -0.3 is 19.6 Å². The second-order valence-electron chi connectivity index (χ2n) is 10.9. The van der Waals surface area contributed by atoms with E-state index in [4.69, 9.17) is 9.16 Å². The minimum atomic E-state index is -1.80. The maximum absolute atomic E-state index is 12.1. The molecule has 2 N–H and O–H groups in total. The summed E-state index contributed by atoms with van der Waals surface area (Å²) in [5, 5.41) is 13.8. The first-order chi connectivity index (χ1) is 11.9. The molecule has 0 aromatic carbocycles. The number of alkyl carbamates (subject to hydrolysis) is 1. The molecule has 0 saturated carbocycles. The highest BCUT2D eigenvalue weighted by molar-refractivity contribution is 6.74. The van der Waals surface area contributed by atoms with Gasteiger partial charge in [0, 0.05) is 6.61 Å². The lowest BCUT2D eigenvalue weighted by atomic mass is 9.93. The molecule has 0 fully saturated rings. The summed E-state index contributed by atoms with van der Waals surface area (Å²) in [6.07, 6.45) is 0.188. The highest BCUT2D eigenvalue weighted by atomic mass is 28.4. The first-order valence-electron chi connectivity index (χ1n) is 10.3. The summed E-state index contributed by atoms with van der Waals surface area (Å²) in [6, 6.07) is -0.324. The van der Waals surface area contributed by atoms with Gasteiger partial charge in [0.05, 0.1) is 12.1 Å². The van der Waals surface area contributed by atoms with Gasteiger partial charge in [0.25, 0.3) is 0 Å². The number of carbonyl (C=O) groups is 1. The summed E-state index contributed by atoms with van der Waals surface area (Å²) >= 11 is 0. The molecule has 27 heavy (non-hydrogen) atoms. The van der Waals surface area contributed by atoms with Crippen LogP contribution in [-0.2, 0) is 9.16 Å². The number of aliphatic hydroxyl groups excluding tert-OH is 1. The molecule has 0 saturated heterocycles. The number of hydrogen-bond acceptors (Lipinski definition) is 4. The van der Waals surface area contributed by atoms with Crippen molar-refractivity contribution in [1.82, 2.24) is 5.32 Å². The van der Waals surface area contributed by atoms with Crippen LogP contribution in [0.5, 0.6) is 0 Å². The molecule has 0 bridgehead atoms. The third kappa shape index (κ3) is 11.1. The van der Waals surface area contributed by atoms with Crippen LogP contribution in [0.3, 0.4) is 0 Å². The summed E-state index contributed by atoms with van der Waals surface area (Å²) in [7, 11) is -1.80. The van der Waals surface area contributed by atoms with Crippen molar-refractivity contribution < 1.29 is 19.1 Å².